The maximum Gasteiger partial charge on any atom is 0.0419 e. The molecule has 0 aliphatic carbocycles. The quantitative estimate of drug-likeness (QED) is 0.762. The van der Waals surface area contributed by atoms with Crippen LogP contribution in [0.25, 0.3) is 0 Å². The lowest BCUT2D eigenvalue weighted by atomic mass is 10.1. The van der Waals surface area contributed by atoms with Crippen LogP contribution in [0.5, 0.6) is 0 Å². The molecule has 1 rings (SSSR count). The third kappa shape index (κ3) is 4.73. The van der Waals surface area contributed by atoms with Crippen molar-refractivity contribution in [2.45, 2.75) is 32.7 Å². The molecule has 2 N–H and O–H groups in total. The summed E-state index contributed by atoms with van der Waals surface area (Å²) >= 11 is 0. The number of nitrogens with zero attached hydrogens (tertiary/aromatic N) is 2. The number of pyridine rings is 1. The van der Waals surface area contributed by atoms with Crippen LogP contribution in [0.4, 0.5) is 0 Å². The van der Waals surface area contributed by atoms with Crippen LogP contribution in [-0.4, -0.2) is 35.6 Å². The first-order valence-electron chi connectivity index (χ1n) is 6.14. The Morgan fingerprint density at radius 3 is 2.62 bits per heavy atom. The number of hydrogen-bond acceptors (Lipinski definition) is 3. The summed E-state index contributed by atoms with van der Waals surface area (Å²) in [5.74, 6) is 0. The van der Waals surface area contributed by atoms with Crippen molar-refractivity contribution < 1.29 is 0 Å². The highest BCUT2D eigenvalue weighted by Crippen LogP contribution is 2.02. The molecule has 0 radical (unpaired) electrons. The van der Waals surface area contributed by atoms with E-state index in [2.05, 4.69) is 23.7 Å². The summed E-state index contributed by atoms with van der Waals surface area (Å²) in [6.45, 7) is 7.67. The molecule has 1 heterocycles. The van der Waals surface area contributed by atoms with Crippen molar-refractivity contribution in [2.24, 2.45) is 5.73 Å². The first-order valence-corrected chi connectivity index (χ1v) is 6.14. The van der Waals surface area contributed by atoms with Crippen LogP contribution in [0.3, 0.4) is 0 Å². The fourth-order valence-electron chi connectivity index (χ4n) is 1.78. The summed E-state index contributed by atoms with van der Waals surface area (Å²) < 4.78 is 0. The third-order valence-electron chi connectivity index (χ3n) is 2.91. The summed E-state index contributed by atoms with van der Waals surface area (Å²) in [7, 11) is 0. The Labute approximate surface area is 98.7 Å². The number of nitrogens with two attached hydrogens (primary N) is 1. The van der Waals surface area contributed by atoms with Crippen molar-refractivity contribution in [2.75, 3.05) is 19.6 Å². The normalized spacial score (nSPS) is 13.0. The van der Waals surface area contributed by atoms with Gasteiger partial charge in [0.15, 0.2) is 0 Å². The predicted octanol–water partition coefficient (Wildman–Crippen LogP) is 1.68. The Bertz CT molecular complexity index is 270. The monoisotopic (exact) mass is 221 g/mol. The van der Waals surface area contributed by atoms with Gasteiger partial charge in [-0.1, -0.05) is 19.9 Å². The van der Waals surface area contributed by atoms with Gasteiger partial charge in [-0.2, -0.15) is 0 Å². The molecule has 0 spiro atoms. The van der Waals surface area contributed by atoms with Crippen molar-refractivity contribution >= 4 is 0 Å². The zero-order valence-electron chi connectivity index (χ0n) is 10.4. The maximum absolute atomic E-state index is 6.10. The van der Waals surface area contributed by atoms with Gasteiger partial charge in [0.25, 0.3) is 0 Å². The molecule has 16 heavy (non-hydrogen) atoms. The topological polar surface area (TPSA) is 42.1 Å². The Balaban J connectivity index is 2.28. The molecule has 1 unspecified atom stereocenters. The van der Waals surface area contributed by atoms with Crippen LogP contribution >= 0.6 is 0 Å². The highest BCUT2D eigenvalue weighted by molar-refractivity contribution is 5.04. The van der Waals surface area contributed by atoms with Gasteiger partial charge in [-0.15, -0.1) is 0 Å². The molecule has 3 nitrogen and oxygen atoms in total. The average molecular weight is 221 g/mol. The van der Waals surface area contributed by atoms with E-state index in [0.717, 1.165) is 38.2 Å². The minimum atomic E-state index is 0.218. The highest BCUT2D eigenvalue weighted by Gasteiger charge is 2.07. The maximum atomic E-state index is 6.10. The average Bonchev–Trinajstić information content (AvgIpc) is 2.31. The van der Waals surface area contributed by atoms with E-state index >= 15 is 0 Å². The molecule has 1 aromatic heterocycles. The summed E-state index contributed by atoms with van der Waals surface area (Å²) in [6, 6.07) is 6.21. The molecular formula is C13H23N3. The van der Waals surface area contributed by atoms with Crippen molar-refractivity contribution in [1.29, 1.82) is 0 Å². The standard InChI is InChI=1S/C13H23N3/c1-3-16(4-2)10-8-12(14)11-13-7-5-6-9-15-13/h5-7,9,12H,3-4,8,10-11,14H2,1-2H3. The van der Waals surface area contributed by atoms with E-state index < -0.39 is 0 Å². The van der Waals surface area contributed by atoms with Gasteiger partial charge < -0.3 is 10.6 Å². The molecule has 0 saturated heterocycles. The van der Waals surface area contributed by atoms with E-state index in [9.17, 15) is 0 Å². The fourth-order valence-corrected chi connectivity index (χ4v) is 1.78. The fraction of sp³-hybridized carbons (Fsp3) is 0.615. The largest absolute Gasteiger partial charge is 0.327 e. The van der Waals surface area contributed by atoms with Gasteiger partial charge in [0.1, 0.15) is 0 Å². The number of aromatic nitrogens is 1. The third-order valence-corrected chi connectivity index (χ3v) is 2.91. The lowest BCUT2D eigenvalue weighted by molar-refractivity contribution is 0.289. The zero-order valence-corrected chi connectivity index (χ0v) is 10.4. The van der Waals surface area contributed by atoms with Crippen molar-refractivity contribution in [3.63, 3.8) is 0 Å². The van der Waals surface area contributed by atoms with Gasteiger partial charge in [0.05, 0.1) is 0 Å². The number of hydrogen-bond donors (Lipinski definition) is 1. The van der Waals surface area contributed by atoms with Crippen LogP contribution in [0.2, 0.25) is 0 Å². The molecule has 0 amide bonds. The highest BCUT2D eigenvalue weighted by atomic mass is 15.1. The van der Waals surface area contributed by atoms with Crippen LogP contribution in [0.15, 0.2) is 24.4 Å². The van der Waals surface area contributed by atoms with Crippen molar-refractivity contribution in [3.05, 3.63) is 30.1 Å². The second-order valence-corrected chi connectivity index (χ2v) is 4.10. The summed E-state index contributed by atoms with van der Waals surface area (Å²) in [4.78, 5) is 6.69. The lowest BCUT2D eigenvalue weighted by Crippen LogP contribution is -2.31. The van der Waals surface area contributed by atoms with Crippen LogP contribution in [0, 0.1) is 0 Å². The van der Waals surface area contributed by atoms with Crippen molar-refractivity contribution in [1.82, 2.24) is 9.88 Å². The lowest BCUT2D eigenvalue weighted by Gasteiger charge is -2.20. The molecule has 90 valence electrons. The second kappa shape index (κ2) is 7.36. The Morgan fingerprint density at radius 2 is 2.06 bits per heavy atom. The minimum absolute atomic E-state index is 0.218. The van der Waals surface area contributed by atoms with E-state index in [4.69, 9.17) is 5.73 Å². The van der Waals surface area contributed by atoms with E-state index in [0.29, 0.717) is 0 Å². The van der Waals surface area contributed by atoms with E-state index in [-0.39, 0.29) is 6.04 Å². The van der Waals surface area contributed by atoms with Crippen LogP contribution in [-0.2, 0) is 6.42 Å². The predicted molar refractivity (Wildman–Crippen MR) is 68.3 cm³/mol. The first-order chi connectivity index (χ1) is 7.76. The summed E-state index contributed by atoms with van der Waals surface area (Å²) in [5, 5.41) is 0. The summed E-state index contributed by atoms with van der Waals surface area (Å²) in [5.41, 5.74) is 7.19. The molecule has 1 atom stereocenters. The SMILES string of the molecule is CCN(CC)CCC(N)Cc1ccccn1. The zero-order chi connectivity index (χ0) is 11.8. The molecule has 0 aliphatic rings. The molecule has 3 heteroatoms. The molecule has 0 bridgehead atoms. The molecule has 1 aromatic rings. The first kappa shape index (κ1) is 13.1. The van der Waals surface area contributed by atoms with Gasteiger partial charge in [-0.05, 0) is 38.2 Å². The van der Waals surface area contributed by atoms with Gasteiger partial charge in [-0.25, -0.2) is 0 Å². The van der Waals surface area contributed by atoms with Gasteiger partial charge in [0.2, 0.25) is 0 Å². The van der Waals surface area contributed by atoms with Gasteiger partial charge in [-0.3, -0.25) is 4.98 Å². The van der Waals surface area contributed by atoms with Crippen LogP contribution in [0.1, 0.15) is 26.0 Å². The van der Waals surface area contributed by atoms with Crippen molar-refractivity contribution in [3.8, 4) is 0 Å². The summed E-state index contributed by atoms with van der Waals surface area (Å²) in [6.07, 6.45) is 3.74. The van der Waals surface area contributed by atoms with E-state index in [1.54, 1.807) is 0 Å². The minimum Gasteiger partial charge on any atom is -0.327 e. The Kier molecular flexibility index (Phi) is 6.04. The molecule has 0 fully saturated rings. The van der Waals surface area contributed by atoms with Gasteiger partial charge in [0, 0.05) is 24.4 Å². The second-order valence-electron chi connectivity index (χ2n) is 4.10. The Morgan fingerprint density at radius 1 is 1.31 bits per heavy atom. The van der Waals surface area contributed by atoms with E-state index in [1.807, 2.05) is 24.4 Å². The van der Waals surface area contributed by atoms with E-state index in [1.165, 1.54) is 0 Å². The molecule has 0 saturated carbocycles. The van der Waals surface area contributed by atoms with Gasteiger partial charge >= 0.3 is 0 Å². The molecular weight excluding hydrogens is 198 g/mol. The smallest absolute Gasteiger partial charge is 0.0419 e. The Hall–Kier alpha value is -0.930. The molecule has 0 aliphatic heterocycles. The number of rotatable bonds is 7. The van der Waals surface area contributed by atoms with Crippen LogP contribution < -0.4 is 5.73 Å². The molecule has 0 aromatic carbocycles.